The summed E-state index contributed by atoms with van der Waals surface area (Å²) in [5.41, 5.74) is 1.74. The van der Waals surface area contributed by atoms with Crippen molar-refractivity contribution in [1.29, 1.82) is 0 Å². The summed E-state index contributed by atoms with van der Waals surface area (Å²) in [6, 6.07) is 15.0. The molecular weight excluding hydrogens is 380 g/mol. The van der Waals surface area contributed by atoms with E-state index in [1.54, 1.807) is 40.9 Å². The summed E-state index contributed by atoms with van der Waals surface area (Å²) in [5, 5.41) is 1.41. The molecule has 2 aromatic rings. The second-order valence-electron chi connectivity index (χ2n) is 5.90. The van der Waals surface area contributed by atoms with Gasteiger partial charge in [-0.3, -0.25) is 9.69 Å². The summed E-state index contributed by atoms with van der Waals surface area (Å²) in [6.07, 6.45) is 4.34. The maximum absolute atomic E-state index is 12.7. The number of ether oxygens (including phenoxy) is 1. The number of aliphatic imine (C=N–C) groups is 1. The highest BCUT2D eigenvalue weighted by atomic mass is 35.5. The molecule has 0 spiro atoms. The number of amides is 1. The lowest BCUT2D eigenvalue weighted by Gasteiger charge is -2.26. The van der Waals surface area contributed by atoms with E-state index in [4.69, 9.17) is 16.3 Å². The van der Waals surface area contributed by atoms with Gasteiger partial charge in [-0.1, -0.05) is 35.5 Å². The first-order valence-corrected chi connectivity index (χ1v) is 10.2. The highest BCUT2D eigenvalue weighted by Crippen LogP contribution is 2.24. The van der Waals surface area contributed by atoms with Gasteiger partial charge in [0.1, 0.15) is 5.75 Å². The normalized spacial score (nSPS) is 16.1. The SMILES string of the molecule is CCOc1ccc(N=C2SCCCN2C(=O)/C=C/c2ccc(Cl)cc2)cc1. The molecule has 0 N–H and O–H groups in total. The number of hydrogen-bond acceptors (Lipinski definition) is 4. The molecule has 1 amide bonds. The molecule has 140 valence electrons. The molecule has 0 unspecified atom stereocenters. The van der Waals surface area contributed by atoms with Crippen LogP contribution in [0.25, 0.3) is 6.08 Å². The van der Waals surface area contributed by atoms with E-state index in [0.29, 0.717) is 18.2 Å². The minimum atomic E-state index is -0.0677. The topological polar surface area (TPSA) is 41.9 Å². The molecule has 0 saturated carbocycles. The maximum atomic E-state index is 12.7. The molecule has 1 saturated heterocycles. The van der Waals surface area contributed by atoms with E-state index in [9.17, 15) is 4.79 Å². The lowest BCUT2D eigenvalue weighted by molar-refractivity contribution is -0.122. The van der Waals surface area contributed by atoms with Crippen LogP contribution in [0, 0.1) is 0 Å². The van der Waals surface area contributed by atoms with Crippen molar-refractivity contribution in [2.45, 2.75) is 13.3 Å². The fraction of sp³-hybridized carbons (Fsp3) is 0.238. The Labute approximate surface area is 168 Å². The number of rotatable bonds is 5. The smallest absolute Gasteiger partial charge is 0.252 e. The Kier molecular flexibility index (Phi) is 6.96. The van der Waals surface area contributed by atoms with Crippen molar-refractivity contribution in [2.24, 2.45) is 4.99 Å². The van der Waals surface area contributed by atoms with Crippen LogP contribution < -0.4 is 4.74 Å². The third kappa shape index (κ3) is 5.62. The molecule has 1 aliphatic heterocycles. The average Bonchev–Trinajstić information content (AvgIpc) is 2.69. The first-order chi connectivity index (χ1) is 13.2. The summed E-state index contributed by atoms with van der Waals surface area (Å²) in [6.45, 7) is 3.26. The molecule has 1 fully saturated rings. The molecule has 1 aliphatic rings. The third-order valence-electron chi connectivity index (χ3n) is 3.91. The van der Waals surface area contributed by atoms with Crippen LogP contribution in [0.3, 0.4) is 0 Å². The van der Waals surface area contributed by atoms with Crippen LogP contribution in [0.5, 0.6) is 5.75 Å². The fourth-order valence-electron chi connectivity index (χ4n) is 2.58. The van der Waals surface area contributed by atoms with E-state index < -0.39 is 0 Å². The van der Waals surface area contributed by atoms with Crippen molar-refractivity contribution < 1.29 is 9.53 Å². The van der Waals surface area contributed by atoms with Gasteiger partial charge in [-0.2, -0.15) is 0 Å². The number of carbonyl (C=O) groups excluding carboxylic acids is 1. The molecule has 6 heteroatoms. The maximum Gasteiger partial charge on any atom is 0.252 e. The monoisotopic (exact) mass is 400 g/mol. The highest BCUT2D eigenvalue weighted by molar-refractivity contribution is 8.13. The second-order valence-corrected chi connectivity index (χ2v) is 7.40. The Balaban J connectivity index is 1.73. The number of hydrogen-bond donors (Lipinski definition) is 0. The van der Waals surface area contributed by atoms with Crippen LogP contribution in [0.4, 0.5) is 5.69 Å². The second kappa shape index (κ2) is 9.62. The van der Waals surface area contributed by atoms with Crippen molar-refractivity contribution in [2.75, 3.05) is 18.9 Å². The fourth-order valence-corrected chi connectivity index (χ4v) is 3.67. The molecule has 0 bridgehead atoms. The predicted molar refractivity (Wildman–Crippen MR) is 114 cm³/mol. The lowest BCUT2D eigenvalue weighted by Crippen LogP contribution is -2.38. The van der Waals surface area contributed by atoms with Crippen molar-refractivity contribution in [3.63, 3.8) is 0 Å². The molecule has 0 radical (unpaired) electrons. The zero-order valence-electron chi connectivity index (χ0n) is 15.1. The molecule has 4 nitrogen and oxygen atoms in total. The summed E-state index contributed by atoms with van der Waals surface area (Å²) in [5.74, 6) is 1.71. The summed E-state index contributed by atoms with van der Waals surface area (Å²) >= 11 is 7.50. The van der Waals surface area contributed by atoms with E-state index in [0.717, 1.165) is 34.3 Å². The van der Waals surface area contributed by atoms with E-state index in [1.807, 2.05) is 43.3 Å². The van der Waals surface area contributed by atoms with Gasteiger partial charge in [0.25, 0.3) is 5.91 Å². The van der Waals surface area contributed by atoms with Gasteiger partial charge in [-0.25, -0.2) is 4.99 Å². The van der Waals surface area contributed by atoms with Gasteiger partial charge in [0.05, 0.1) is 12.3 Å². The first-order valence-electron chi connectivity index (χ1n) is 8.85. The van der Waals surface area contributed by atoms with Crippen LogP contribution >= 0.6 is 23.4 Å². The van der Waals surface area contributed by atoms with Crippen LogP contribution in [0.2, 0.25) is 5.02 Å². The number of amidine groups is 1. The Bertz CT molecular complexity index is 832. The zero-order valence-corrected chi connectivity index (χ0v) is 16.7. The molecule has 0 aromatic heterocycles. The van der Waals surface area contributed by atoms with Crippen LogP contribution in [-0.2, 0) is 4.79 Å². The number of halogens is 1. The van der Waals surface area contributed by atoms with Gasteiger partial charge < -0.3 is 4.74 Å². The average molecular weight is 401 g/mol. The Morgan fingerprint density at radius 3 is 2.67 bits per heavy atom. The Hall–Kier alpha value is -2.24. The highest BCUT2D eigenvalue weighted by Gasteiger charge is 2.22. The van der Waals surface area contributed by atoms with Gasteiger partial charge in [-0.15, -0.1) is 0 Å². The van der Waals surface area contributed by atoms with Gasteiger partial charge in [0.15, 0.2) is 5.17 Å². The summed E-state index contributed by atoms with van der Waals surface area (Å²) in [7, 11) is 0. The number of nitrogens with zero attached hydrogens (tertiary/aromatic N) is 2. The molecule has 2 aromatic carbocycles. The molecule has 1 heterocycles. The first kappa shape index (κ1) is 19.5. The predicted octanol–water partition coefficient (Wildman–Crippen LogP) is 5.41. The van der Waals surface area contributed by atoms with E-state index in [-0.39, 0.29) is 5.91 Å². The number of thioether (sulfide) groups is 1. The van der Waals surface area contributed by atoms with Crippen LogP contribution in [0.15, 0.2) is 59.6 Å². The molecular formula is C21H21ClN2O2S. The van der Waals surface area contributed by atoms with Crippen molar-refractivity contribution >= 4 is 46.2 Å². The Morgan fingerprint density at radius 1 is 1.22 bits per heavy atom. The standard InChI is InChI=1S/C21H21ClN2O2S/c1-2-26-19-11-9-18(10-12-19)23-21-24(14-3-15-27-21)20(25)13-6-16-4-7-17(22)8-5-16/h4-13H,2-3,14-15H2,1H3/b13-6+,23-21?. The summed E-state index contributed by atoms with van der Waals surface area (Å²) < 4.78 is 5.46. The van der Waals surface area contributed by atoms with Crippen molar-refractivity contribution in [1.82, 2.24) is 4.90 Å². The molecule has 0 atom stereocenters. The van der Waals surface area contributed by atoms with Crippen LogP contribution in [-0.4, -0.2) is 34.9 Å². The quantitative estimate of drug-likeness (QED) is 0.630. The molecule has 0 aliphatic carbocycles. The van der Waals surface area contributed by atoms with E-state index >= 15 is 0 Å². The van der Waals surface area contributed by atoms with Gasteiger partial charge in [0, 0.05) is 23.4 Å². The van der Waals surface area contributed by atoms with Gasteiger partial charge >= 0.3 is 0 Å². The zero-order chi connectivity index (χ0) is 19.1. The van der Waals surface area contributed by atoms with Gasteiger partial charge in [0.2, 0.25) is 0 Å². The number of benzene rings is 2. The Morgan fingerprint density at radius 2 is 1.96 bits per heavy atom. The molecule has 3 rings (SSSR count). The summed E-state index contributed by atoms with van der Waals surface area (Å²) in [4.78, 5) is 19.1. The lowest BCUT2D eigenvalue weighted by atomic mass is 10.2. The third-order valence-corrected chi connectivity index (χ3v) is 5.23. The minimum Gasteiger partial charge on any atom is -0.494 e. The van der Waals surface area contributed by atoms with E-state index in [1.165, 1.54) is 0 Å². The van der Waals surface area contributed by atoms with Crippen molar-refractivity contribution in [3.8, 4) is 5.75 Å². The van der Waals surface area contributed by atoms with Gasteiger partial charge in [-0.05, 0) is 61.4 Å². The largest absolute Gasteiger partial charge is 0.494 e. The van der Waals surface area contributed by atoms with Crippen molar-refractivity contribution in [3.05, 3.63) is 65.2 Å². The number of carbonyl (C=O) groups is 1. The van der Waals surface area contributed by atoms with E-state index in [2.05, 4.69) is 4.99 Å². The van der Waals surface area contributed by atoms with Crippen LogP contribution in [0.1, 0.15) is 18.9 Å². The minimum absolute atomic E-state index is 0.0677. The molecule has 27 heavy (non-hydrogen) atoms.